The molecule has 0 bridgehead atoms. The van der Waals surface area contributed by atoms with Crippen molar-refractivity contribution in [2.75, 3.05) is 19.0 Å². The first kappa shape index (κ1) is 21.0. The molecule has 0 aromatic heterocycles. The Morgan fingerprint density at radius 3 is 2.54 bits per heavy atom. The van der Waals surface area contributed by atoms with E-state index in [1.54, 1.807) is 24.3 Å². The van der Waals surface area contributed by atoms with E-state index in [1.807, 2.05) is 24.3 Å². The fourth-order valence-electron chi connectivity index (χ4n) is 2.29. The highest BCUT2D eigenvalue weighted by Crippen LogP contribution is 2.22. The summed E-state index contributed by atoms with van der Waals surface area (Å²) in [6.07, 6.45) is 3.26. The van der Waals surface area contributed by atoms with Gasteiger partial charge in [-0.3, -0.25) is 9.59 Å². The summed E-state index contributed by atoms with van der Waals surface area (Å²) in [6.45, 7) is 2.80. The normalized spacial score (nSPS) is 10.5. The van der Waals surface area contributed by atoms with Crippen LogP contribution in [0.2, 0.25) is 0 Å². The van der Waals surface area contributed by atoms with Crippen molar-refractivity contribution in [2.24, 2.45) is 5.10 Å². The largest absolute Gasteiger partial charge is 0.495 e. The number of anilines is 1. The number of ether oxygens (including phenoxy) is 2. The Hall–Kier alpha value is -3.35. The molecule has 0 atom stereocenters. The first-order valence-corrected chi connectivity index (χ1v) is 9.10. The van der Waals surface area contributed by atoms with Crippen molar-refractivity contribution in [3.63, 3.8) is 0 Å². The van der Waals surface area contributed by atoms with E-state index >= 15 is 0 Å². The lowest BCUT2D eigenvalue weighted by molar-refractivity contribution is -0.126. The third-order valence-electron chi connectivity index (χ3n) is 3.75. The molecule has 0 aliphatic carbocycles. The molecule has 2 amide bonds. The van der Waals surface area contributed by atoms with Crippen LogP contribution in [-0.2, 0) is 9.59 Å². The van der Waals surface area contributed by atoms with Gasteiger partial charge in [0.15, 0.2) is 0 Å². The average Bonchev–Trinajstić information content (AvgIpc) is 2.69. The maximum atomic E-state index is 12.0. The minimum Gasteiger partial charge on any atom is -0.495 e. The van der Waals surface area contributed by atoms with Crippen molar-refractivity contribution in [3.05, 3.63) is 54.1 Å². The minimum atomic E-state index is -0.511. The van der Waals surface area contributed by atoms with Crippen LogP contribution in [0.5, 0.6) is 11.5 Å². The Morgan fingerprint density at radius 2 is 1.82 bits per heavy atom. The molecule has 0 aliphatic heterocycles. The number of hydrazone groups is 1. The maximum Gasteiger partial charge on any atom is 0.249 e. The first-order chi connectivity index (χ1) is 13.6. The molecular formula is C21H25N3O4. The number of amides is 2. The number of nitrogens with zero attached hydrogens (tertiary/aromatic N) is 1. The molecule has 0 unspecified atom stereocenters. The number of methoxy groups -OCH3 is 1. The van der Waals surface area contributed by atoms with E-state index in [0.717, 1.165) is 24.2 Å². The van der Waals surface area contributed by atoms with E-state index in [0.29, 0.717) is 18.0 Å². The number of para-hydroxylation sites is 2. The van der Waals surface area contributed by atoms with Gasteiger partial charge in [0, 0.05) is 0 Å². The summed E-state index contributed by atoms with van der Waals surface area (Å²) >= 11 is 0. The molecule has 0 aliphatic rings. The van der Waals surface area contributed by atoms with Gasteiger partial charge < -0.3 is 14.8 Å². The van der Waals surface area contributed by atoms with Crippen molar-refractivity contribution in [3.8, 4) is 11.5 Å². The third-order valence-corrected chi connectivity index (χ3v) is 3.75. The maximum absolute atomic E-state index is 12.0. The van der Waals surface area contributed by atoms with E-state index in [4.69, 9.17) is 9.47 Å². The number of hydrogen-bond acceptors (Lipinski definition) is 5. The zero-order chi connectivity index (χ0) is 20.2. The standard InChI is InChI=1S/C21H25N3O4/c1-3-4-13-28-17-11-9-16(10-12-17)15-22-24-21(26)14-20(25)23-18-7-5-6-8-19(18)27-2/h5-12,15H,3-4,13-14H2,1-2H3,(H,23,25)(H,24,26). The third kappa shape index (κ3) is 7.11. The first-order valence-electron chi connectivity index (χ1n) is 9.10. The number of hydrogen-bond donors (Lipinski definition) is 2. The van der Waals surface area contributed by atoms with Crippen molar-refractivity contribution >= 4 is 23.7 Å². The Balaban J connectivity index is 1.77. The summed E-state index contributed by atoms with van der Waals surface area (Å²) < 4.78 is 10.7. The highest BCUT2D eigenvalue weighted by Gasteiger charge is 2.11. The summed E-state index contributed by atoms with van der Waals surface area (Å²) in [5.41, 5.74) is 3.65. The van der Waals surface area contributed by atoms with Crippen LogP contribution >= 0.6 is 0 Å². The number of nitrogens with one attached hydrogen (secondary N) is 2. The second-order valence-corrected chi connectivity index (χ2v) is 5.99. The van der Waals surface area contributed by atoms with Gasteiger partial charge in [0.1, 0.15) is 17.9 Å². The number of carbonyl (C=O) groups excluding carboxylic acids is 2. The summed E-state index contributed by atoms with van der Waals surface area (Å²) in [6, 6.07) is 14.3. The van der Waals surface area contributed by atoms with Crippen LogP contribution in [0, 0.1) is 0 Å². The average molecular weight is 383 g/mol. The highest BCUT2D eigenvalue weighted by atomic mass is 16.5. The van der Waals surface area contributed by atoms with Crippen LogP contribution in [0.15, 0.2) is 53.6 Å². The van der Waals surface area contributed by atoms with Crippen LogP contribution in [0.3, 0.4) is 0 Å². The minimum absolute atomic E-state index is 0.348. The van der Waals surface area contributed by atoms with Gasteiger partial charge in [0.25, 0.3) is 0 Å². The second-order valence-electron chi connectivity index (χ2n) is 5.99. The molecule has 148 valence electrons. The Bertz CT molecular complexity index is 804. The van der Waals surface area contributed by atoms with E-state index in [9.17, 15) is 9.59 Å². The van der Waals surface area contributed by atoms with Gasteiger partial charge in [0.05, 0.1) is 25.6 Å². The summed E-state index contributed by atoms with van der Waals surface area (Å²) in [5, 5.41) is 6.51. The number of rotatable bonds is 10. The van der Waals surface area contributed by atoms with Crippen molar-refractivity contribution in [2.45, 2.75) is 26.2 Å². The van der Waals surface area contributed by atoms with Crippen molar-refractivity contribution in [1.29, 1.82) is 0 Å². The summed E-state index contributed by atoms with van der Waals surface area (Å²) in [7, 11) is 1.51. The van der Waals surface area contributed by atoms with Crippen LogP contribution in [0.1, 0.15) is 31.7 Å². The van der Waals surface area contributed by atoms with Crippen LogP contribution in [0.25, 0.3) is 0 Å². The highest BCUT2D eigenvalue weighted by molar-refractivity contribution is 6.04. The monoisotopic (exact) mass is 383 g/mol. The zero-order valence-electron chi connectivity index (χ0n) is 16.1. The van der Waals surface area contributed by atoms with Gasteiger partial charge >= 0.3 is 0 Å². The van der Waals surface area contributed by atoms with Crippen molar-refractivity contribution < 1.29 is 19.1 Å². The lowest BCUT2D eigenvalue weighted by Gasteiger charge is -2.09. The lowest BCUT2D eigenvalue weighted by atomic mass is 10.2. The Labute approximate surface area is 164 Å². The van der Waals surface area contributed by atoms with Crippen LogP contribution in [-0.4, -0.2) is 31.7 Å². The molecule has 7 nitrogen and oxygen atoms in total. The Kier molecular flexibility index (Phi) is 8.52. The molecule has 0 spiro atoms. The van der Waals surface area contributed by atoms with E-state index in [-0.39, 0.29) is 6.42 Å². The van der Waals surface area contributed by atoms with Gasteiger partial charge in [-0.2, -0.15) is 5.10 Å². The van der Waals surface area contributed by atoms with Gasteiger partial charge in [-0.1, -0.05) is 25.5 Å². The summed E-state index contributed by atoms with van der Waals surface area (Å²) in [4.78, 5) is 23.8. The SMILES string of the molecule is CCCCOc1ccc(C=NNC(=O)CC(=O)Nc2ccccc2OC)cc1. The smallest absolute Gasteiger partial charge is 0.249 e. The fraction of sp³-hybridized carbons (Fsp3) is 0.286. The van der Waals surface area contributed by atoms with Gasteiger partial charge in [-0.05, 0) is 48.4 Å². The lowest BCUT2D eigenvalue weighted by Crippen LogP contribution is -2.24. The molecule has 0 heterocycles. The topological polar surface area (TPSA) is 89.0 Å². The number of benzene rings is 2. The van der Waals surface area contributed by atoms with Crippen LogP contribution in [0.4, 0.5) is 5.69 Å². The van der Waals surface area contributed by atoms with E-state index in [1.165, 1.54) is 13.3 Å². The second kappa shape index (κ2) is 11.4. The summed E-state index contributed by atoms with van der Waals surface area (Å²) in [5.74, 6) is 0.355. The van der Waals surface area contributed by atoms with E-state index in [2.05, 4.69) is 22.8 Å². The molecular weight excluding hydrogens is 358 g/mol. The molecule has 2 rings (SSSR count). The van der Waals surface area contributed by atoms with Gasteiger partial charge in [0.2, 0.25) is 11.8 Å². The molecule has 0 radical (unpaired) electrons. The molecule has 2 aromatic carbocycles. The fourth-order valence-corrected chi connectivity index (χ4v) is 2.29. The number of unbranched alkanes of at least 4 members (excludes halogenated alkanes) is 1. The van der Waals surface area contributed by atoms with Crippen molar-refractivity contribution in [1.82, 2.24) is 5.43 Å². The van der Waals surface area contributed by atoms with Gasteiger partial charge in [-0.15, -0.1) is 0 Å². The van der Waals surface area contributed by atoms with Gasteiger partial charge in [-0.25, -0.2) is 5.43 Å². The Morgan fingerprint density at radius 1 is 1.07 bits per heavy atom. The zero-order valence-corrected chi connectivity index (χ0v) is 16.1. The van der Waals surface area contributed by atoms with E-state index < -0.39 is 11.8 Å². The number of carbonyl (C=O) groups is 2. The molecule has 0 fully saturated rings. The predicted octanol–water partition coefficient (Wildman–Crippen LogP) is 3.35. The predicted molar refractivity (Wildman–Crippen MR) is 109 cm³/mol. The quantitative estimate of drug-likeness (QED) is 0.285. The molecule has 2 aromatic rings. The van der Waals surface area contributed by atoms with Crippen LogP contribution < -0.4 is 20.2 Å². The molecule has 28 heavy (non-hydrogen) atoms. The molecule has 0 saturated carbocycles. The molecule has 7 heteroatoms. The molecule has 2 N–H and O–H groups in total. The molecule has 0 saturated heterocycles.